The number of hydrogen-bond donors (Lipinski definition) is 3. The summed E-state index contributed by atoms with van der Waals surface area (Å²) in [5.74, 6) is 0.852. The van der Waals surface area contributed by atoms with Gasteiger partial charge in [0.1, 0.15) is 17.9 Å². The smallest absolute Gasteiger partial charge is 0.338 e. The lowest BCUT2D eigenvalue weighted by Gasteiger charge is -2.59. The van der Waals surface area contributed by atoms with E-state index in [2.05, 4.69) is 21.2 Å². The topological polar surface area (TPSA) is 172 Å². The summed E-state index contributed by atoms with van der Waals surface area (Å²) in [4.78, 5) is 31.3. The lowest BCUT2D eigenvalue weighted by Crippen LogP contribution is -2.69. The first kappa shape index (κ1) is 36.1. The van der Waals surface area contributed by atoms with E-state index in [1.54, 1.807) is 11.8 Å². The van der Waals surface area contributed by atoms with Crippen LogP contribution in [0.2, 0.25) is 0 Å². The fourth-order valence-electron chi connectivity index (χ4n) is 9.39. The zero-order valence-electron chi connectivity index (χ0n) is 30.9. The van der Waals surface area contributed by atoms with Crippen LogP contribution in [-0.2, 0) is 22.4 Å². The van der Waals surface area contributed by atoms with Crippen LogP contribution in [0.5, 0.6) is 40.2 Å². The second-order valence-electron chi connectivity index (χ2n) is 14.4. The Morgan fingerprint density at radius 3 is 2.56 bits per heavy atom. The first-order chi connectivity index (χ1) is 25.9. The number of phenols is 2. The van der Waals surface area contributed by atoms with E-state index >= 15 is 0 Å². The van der Waals surface area contributed by atoms with Crippen molar-refractivity contribution in [1.29, 1.82) is 5.26 Å². The van der Waals surface area contributed by atoms with Crippen molar-refractivity contribution in [3.8, 4) is 46.3 Å². The van der Waals surface area contributed by atoms with Gasteiger partial charge in [-0.15, -0.1) is 11.8 Å². The molecule has 7 aliphatic heterocycles. The Morgan fingerprint density at radius 1 is 1.06 bits per heavy atom. The molecular weight excluding hydrogens is 717 g/mol. The number of nitrogens with one attached hydrogen (secondary N) is 1. The summed E-state index contributed by atoms with van der Waals surface area (Å²) in [6, 6.07) is 5.88. The number of fused-ring (bicyclic) bond motifs is 8. The highest BCUT2D eigenvalue weighted by molar-refractivity contribution is 7.99. The largest absolute Gasteiger partial charge is 0.504 e. The third-order valence-corrected chi connectivity index (χ3v) is 12.6. The van der Waals surface area contributed by atoms with Gasteiger partial charge in [0, 0.05) is 54.1 Å². The number of nitriles is 1. The Hall–Kier alpha value is -4.88. The molecule has 3 aromatic carbocycles. The minimum absolute atomic E-state index is 0.0147. The predicted octanol–water partition coefficient (Wildman–Crippen LogP) is 4.35. The molecule has 2 unspecified atom stereocenters. The van der Waals surface area contributed by atoms with E-state index < -0.39 is 40.9 Å². The number of aryl methyl sites for hydroxylation is 1. The van der Waals surface area contributed by atoms with Gasteiger partial charge in [-0.25, -0.2) is 4.79 Å². The number of phenolic OH excluding ortho intramolecular Hbond substituents is 2. The van der Waals surface area contributed by atoms with Crippen molar-refractivity contribution in [1.82, 2.24) is 15.1 Å². The minimum atomic E-state index is -1.20. The molecule has 10 rings (SSSR count). The van der Waals surface area contributed by atoms with E-state index in [0.29, 0.717) is 76.2 Å². The molecule has 1 fully saturated rings. The molecule has 0 radical (unpaired) electrons. The van der Waals surface area contributed by atoms with Crippen molar-refractivity contribution in [3.63, 3.8) is 0 Å². The van der Waals surface area contributed by atoms with Gasteiger partial charge >= 0.3 is 11.9 Å². The Balaban J connectivity index is 1.42. The van der Waals surface area contributed by atoms with Crippen LogP contribution in [0.15, 0.2) is 18.2 Å². The summed E-state index contributed by atoms with van der Waals surface area (Å²) in [7, 11) is 4.89. The number of ether oxygens (including phenoxy) is 6. The van der Waals surface area contributed by atoms with Gasteiger partial charge in [-0.2, -0.15) is 5.26 Å². The predicted molar refractivity (Wildman–Crippen MR) is 196 cm³/mol. The lowest BCUT2D eigenvalue weighted by atomic mass is 9.76. The van der Waals surface area contributed by atoms with E-state index in [4.69, 9.17) is 28.4 Å². The average molecular weight is 759 g/mol. The second-order valence-corrected chi connectivity index (χ2v) is 15.6. The summed E-state index contributed by atoms with van der Waals surface area (Å²) in [6.07, 6.45) is 0.661. The summed E-state index contributed by atoms with van der Waals surface area (Å²) < 4.78 is 35.7. The van der Waals surface area contributed by atoms with E-state index in [1.165, 1.54) is 33.3 Å². The van der Waals surface area contributed by atoms with Crippen LogP contribution in [-0.4, -0.2) is 97.2 Å². The first-order valence-corrected chi connectivity index (χ1v) is 18.8. The van der Waals surface area contributed by atoms with Crippen LogP contribution in [0, 0.1) is 25.2 Å². The molecule has 3 N–H and O–H groups in total. The number of carbonyl (C=O) groups excluding carboxylic acids is 2. The van der Waals surface area contributed by atoms with E-state index in [1.807, 2.05) is 27.0 Å². The number of thioether (sulfide) groups is 1. The van der Waals surface area contributed by atoms with Gasteiger partial charge in [0.25, 0.3) is 0 Å². The molecule has 0 aliphatic carbocycles. The molecule has 0 spiro atoms. The van der Waals surface area contributed by atoms with Crippen molar-refractivity contribution < 1.29 is 48.2 Å². The molecule has 6 atom stereocenters. The number of aromatic hydroxyl groups is 2. The maximum Gasteiger partial charge on any atom is 0.338 e. The maximum absolute atomic E-state index is 14.2. The quantitative estimate of drug-likeness (QED) is 0.254. The molecule has 15 heteroatoms. The molecule has 3 aromatic rings. The number of likely N-dealkylation sites (N-methyl/N-ethyl adjacent to an activating group) is 1. The van der Waals surface area contributed by atoms with Crippen molar-refractivity contribution in [2.75, 3.05) is 53.6 Å². The molecule has 284 valence electrons. The normalized spacial score (nSPS) is 26.9. The first-order valence-electron chi connectivity index (χ1n) is 17.8. The van der Waals surface area contributed by atoms with Gasteiger partial charge in [-0.1, -0.05) is 6.07 Å². The average Bonchev–Trinajstić information content (AvgIpc) is 3.54. The number of esters is 2. The van der Waals surface area contributed by atoms with Gasteiger partial charge < -0.3 is 44.0 Å². The van der Waals surface area contributed by atoms with Gasteiger partial charge in [0.05, 0.1) is 43.2 Å². The molecule has 7 aliphatic rings. The number of carbonyl (C=O) groups is 2. The molecule has 0 amide bonds. The molecule has 1 saturated heterocycles. The van der Waals surface area contributed by atoms with Crippen LogP contribution in [0.3, 0.4) is 0 Å². The number of methoxy groups -OCH3 is 2. The zero-order chi connectivity index (χ0) is 38.2. The number of hydrogen-bond acceptors (Lipinski definition) is 15. The summed E-state index contributed by atoms with van der Waals surface area (Å²) in [6.45, 7) is 5.48. The van der Waals surface area contributed by atoms with E-state index in [-0.39, 0.29) is 42.6 Å². The summed E-state index contributed by atoms with van der Waals surface area (Å²) in [5, 5.41) is 37.1. The van der Waals surface area contributed by atoms with Gasteiger partial charge in [0.15, 0.2) is 34.5 Å². The van der Waals surface area contributed by atoms with Crippen molar-refractivity contribution in [2.45, 2.75) is 62.5 Å². The van der Waals surface area contributed by atoms with Crippen LogP contribution in [0.4, 0.5) is 0 Å². The molecule has 14 nitrogen and oxygen atoms in total. The fourth-order valence-corrected chi connectivity index (χ4v) is 10.7. The van der Waals surface area contributed by atoms with Crippen molar-refractivity contribution in [3.05, 3.63) is 62.7 Å². The highest BCUT2D eigenvalue weighted by Crippen LogP contribution is 2.64. The summed E-state index contributed by atoms with van der Waals surface area (Å²) >= 11 is 1.59. The van der Waals surface area contributed by atoms with Crippen molar-refractivity contribution >= 4 is 23.7 Å². The zero-order valence-corrected chi connectivity index (χ0v) is 31.7. The van der Waals surface area contributed by atoms with Crippen LogP contribution < -0.4 is 29.0 Å². The van der Waals surface area contributed by atoms with Crippen LogP contribution >= 0.6 is 11.8 Å². The van der Waals surface area contributed by atoms with E-state index in [9.17, 15) is 25.1 Å². The fraction of sp³-hybridized carbons (Fsp3) is 0.462. The van der Waals surface area contributed by atoms with Gasteiger partial charge in [0.2, 0.25) is 6.79 Å². The van der Waals surface area contributed by atoms with Crippen LogP contribution in [0.25, 0.3) is 0 Å². The third-order valence-electron chi connectivity index (χ3n) is 11.4. The Bertz CT molecular complexity index is 2140. The number of nitrogens with zero attached hydrogens (tertiary/aromatic N) is 3. The number of piperazine rings is 1. The number of rotatable bonds is 3. The molecule has 54 heavy (non-hydrogen) atoms. The van der Waals surface area contributed by atoms with Crippen LogP contribution in [0.1, 0.15) is 73.6 Å². The highest BCUT2D eigenvalue weighted by Gasteiger charge is 2.63. The Labute approximate surface area is 316 Å². The molecular formula is C39H42N4O10S. The van der Waals surface area contributed by atoms with Crippen molar-refractivity contribution in [2.24, 2.45) is 0 Å². The highest BCUT2D eigenvalue weighted by atomic mass is 32.2. The molecule has 7 heterocycles. The Morgan fingerprint density at radius 2 is 1.83 bits per heavy atom. The molecule has 0 aromatic heterocycles. The third kappa shape index (κ3) is 5.33. The van der Waals surface area contributed by atoms with Gasteiger partial charge in [-0.05, 0) is 62.7 Å². The second kappa shape index (κ2) is 13.5. The minimum Gasteiger partial charge on any atom is -0.504 e. The monoisotopic (exact) mass is 758 g/mol. The standard InChI is InChI=1S/C39H42N4O10S/c1-18-9-22-12-39(14-40)15-42(4)30(27(22)32(46)33(18)49-6)31-37-29-28(36-35(51-17-52-36)19(2)34(29)53-20(3)44)24(43(31)39)13-50-38(47)23-11-26(48-5)25(45)10-21(23)7-8-41-16-54-37/h9-11,24,30-31,37,41,45-46H,7-8,12-13,15-17H2,1-6H3/t24-,30+,31+,37+,39?/m0/s1. The maximum atomic E-state index is 14.2. The summed E-state index contributed by atoms with van der Waals surface area (Å²) in [5.41, 5.74) is 3.72. The van der Waals surface area contributed by atoms with Gasteiger partial charge in [-0.3, -0.25) is 14.6 Å². The molecule has 4 bridgehead atoms. The SMILES string of the molecule is COc1cc2c(cc1O)CCNCS[C@@H]1c3c(OC(C)=O)c(C)c4c(c3[C@H](COC2=O)N2[C@@H]1[C@H]1c3c(cc(C)c(OC)c3O)CC2(C#N)CN1C)OCO4. The number of benzene rings is 3. The Kier molecular flexibility index (Phi) is 9.00. The lowest BCUT2D eigenvalue weighted by molar-refractivity contribution is -0.132. The van der Waals surface area contributed by atoms with E-state index in [0.717, 1.165) is 11.1 Å². The molecule has 0 saturated carbocycles.